The second kappa shape index (κ2) is 7.20. The van der Waals surface area contributed by atoms with Gasteiger partial charge in [0, 0.05) is 30.6 Å². The van der Waals surface area contributed by atoms with Crippen LogP contribution in [0.2, 0.25) is 10.0 Å². The number of halogens is 2. The minimum absolute atomic E-state index is 0.0216. The van der Waals surface area contributed by atoms with Crippen LogP contribution in [0.3, 0.4) is 0 Å². The second-order valence-electron chi connectivity index (χ2n) is 6.44. The van der Waals surface area contributed by atoms with Crippen molar-refractivity contribution in [2.45, 2.75) is 30.6 Å². The van der Waals surface area contributed by atoms with E-state index in [1.165, 1.54) is 29.3 Å². The van der Waals surface area contributed by atoms with Gasteiger partial charge in [-0.3, -0.25) is 4.79 Å². The summed E-state index contributed by atoms with van der Waals surface area (Å²) in [6, 6.07) is 4.40. The lowest BCUT2D eigenvalue weighted by atomic mass is 9.97. The highest BCUT2D eigenvalue weighted by molar-refractivity contribution is 7.89. The fourth-order valence-electron chi connectivity index (χ4n) is 2.88. The van der Waals surface area contributed by atoms with Crippen molar-refractivity contribution in [2.24, 2.45) is 11.8 Å². The number of carbonyl (C=O) groups is 1. The Bertz CT molecular complexity index is 727. The Labute approximate surface area is 152 Å². The highest BCUT2D eigenvalue weighted by atomic mass is 35.5. The zero-order valence-corrected chi connectivity index (χ0v) is 15.5. The molecule has 2 aliphatic rings. The number of hydrogen-bond donors (Lipinski definition) is 1. The molecule has 1 aromatic rings. The lowest BCUT2D eigenvalue weighted by molar-refractivity contribution is -0.126. The number of piperidine rings is 1. The molecule has 0 atom stereocenters. The van der Waals surface area contributed by atoms with Crippen LogP contribution in [-0.4, -0.2) is 38.3 Å². The van der Waals surface area contributed by atoms with Crippen molar-refractivity contribution in [3.8, 4) is 0 Å². The molecule has 1 heterocycles. The van der Waals surface area contributed by atoms with Crippen LogP contribution in [0, 0.1) is 11.8 Å². The quantitative estimate of drug-likeness (QED) is 0.840. The van der Waals surface area contributed by atoms with Gasteiger partial charge in [0.25, 0.3) is 0 Å². The van der Waals surface area contributed by atoms with Gasteiger partial charge < -0.3 is 5.32 Å². The Morgan fingerprint density at radius 3 is 2.46 bits per heavy atom. The normalized spacial score (nSPS) is 20.1. The number of hydrogen-bond acceptors (Lipinski definition) is 3. The highest BCUT2D eigenvalue weighted by Gasteiger charge is 2.33. The van der Waals surface area contributed by atoms with E-state index in [9.17, 15) is 13.2 Å². The standard InChI is InChI=1S/C16H20Cl2N2O3S/c17-13-3-4-14(18)15(9-13)24(22,23)20-7-5-12(6-8-20)16(21)19-10-11-1-2-11/h3-4,9,11-12H,1-2,5-8,10H2,(H,19,21). The molecular formula is C16H20Cl2N2O3S. The van der Waals surface area contributed by atoms with Crippen molar-refractivity contribution in [3.05, 3.63) is 28.2 Å². The number of sulfonamides is 1. The van der Waals surface area contributed by atoms with Crippen LogP contribution in [-0.2, 0) is 14.8 Å². The molecule has 1 aliphatic heterocycles. The van der Waals surface area contributed by atoms with Gasteiger partial charge in [0.15, 0.2) is 0 Å². The first-order chi connectivity index (χ1) is 11.4. The molecule has 0 radical (unpaired) electrons. The molecule has 0 aromatic heterocycles. The third kappa shape index (κ3) is 4.04. The fourth-order valence-corrected chi connectivity index (χ4v) is 5.09. The summed E-state index contributed by atoms with van der Waals surface area (Å²) in [5, 5.41) is 3.45. The molecule has 1 aromatic carbocycles. The molecule has 24 heavy (non-hydrogen) atoms. The number of nitrogens with zero attached hydrogens (tertiary/aromatic N) is 1. The third-order valence-electron chi connectivity index (χ3n) is 4.60. The number of rotatable bonds is 5. The van der Waals surface area contributed by atoms with Crippen molar-refractivity contribution in [2.75, 3.05) is 19.6 Å². The maximum atomic E-state index is 12.7. The first-order valence-corrected chi connectivity index (χ1v) is 10.3. The van der Waals surface area contributed by atoms with E-state index < -0.39 is 10.0 Å². The van der Waals surface area contributed by atoms with Gasteiger partial charge in [-0.05, 0) is 49.8 Å². The minimum atomic E-state index is -3.69. The molecule has 8 heteroatoms. The summed E-state index contributed by atoms with van der Waals surface area (Å²) in [6.45, 7) is 1.37. The van der Waals surface area contributed by atoms with Gasteiger partial charge in [-0.25, -0.2) is 8.42 Å². The summed E-state index contributed by atoms with van der Waals surface area (Å²) < 4.78 is 26.9. The fraction of sp³-hybridized carbons (Fsp3) is 0.562. The maximum Gasteiger partial charge on any atom is 0.244 e. The molecule has 1 aliphatic carbocycles. The van der Waals surface area contributed by atoms with Crippen molar-refractivity contribution < 1.29 is 13.2 Å². The van der Waals surface area contributed by atoms with Gasteiger partial charge >= 0.3 is 0 Å². The maximum absolute atomic E-state index is 12.7. The number of amides is 1. The zero-order valence-electron chi connectivity index (χ0n) is 13.2. The van der Waals surface area contributed by atoms with E-state index >= 15 is 0 Å². The van der Waals surface area contributed by atoms with Crippen LogP contribution in [0.25, 0.3) is 0 Å². The van der Waals surface area contributed by atoms with Gasteiger partial charge in [0.05, 0.1) is 5.02 Å². The van der Waals surface area contributed by atoms with Crippen LogP contribution < -0.4 is 5.32 Å². The Morgan fingerprint density at radius 1 is 1.17 bits per heavy atom. The predicted octanol–water partition coefficient (Wildman–Crippen LogP) is 2.92. The molecule has 0 bridgehead atoms. The topological polar surface area (TPSA) is 66.5 Å². The molecule has 1 N–H and O–H groups in total. The van der Waals surface area contributed by atoms with Gasteiger partial charge in [0.1, 0.15) is 4.90 Å². The van der Waals surface area contributed by atoms with E-state index in [0.29, 0.717) is 36.9 Å². The van der Waals surface area contributed by atoms with Crippen LogP contribution >= 0.6 is 23.2 Å². The number of benzene rings is 1. The largest absolute Gasteiger partial charge is 0.356 e. The lowest BCUT2D eigenvalue weighted by Crippen LogP contribution is -2.43. The summed E-state index contributed by atoms with van der Waals surface area (Å²) in [5.74, 6) is 0.559. The van der Waals surface area contributed by atoms with Crippen molar-refractivity contribution >= 4 is 39.1 Å². The van der Waals surface area contributed by atoms with E-state index in [0.717, 1.165) is 6.54 Å². The minimum Gasteiger partial charge on any atom is -0.356 e. The first kappa shape index (κ1) is 18.0. The predicted molar refractivity (Wildman–Crippen MR) is 93.7 cm³/mol. The Morgan fingerprint density at radius 2 is 1.83 bits per heavy atom. The first-order valence-electron chi connectivity index (χ1n) is 8.11. The Balaban J connectivity index is 1.62. The second-order valence-corrected chi connectivity index (χ2v) is 9.19. The average Bonchev–Trinajstić information content (AvgIpc) is 3.39. The molecule has 3 rings (SSSR count). The zero-order chi connectivity index (χ0) is 17.3. The molecule has 1 saturated carbocycles. The summed E-state index contributed by atoms with van der Waals surface area (Å²) in [4.78, 5) is 12.2. The molecule has 2 fully saturated rings. The number of carbonyl (C=O) groups excluding carboxylic acids is 1. The molecule has 1 saturated heterocycles. The average molecular weight is 391 g/mol. The van der Waals surface area contributed by atoms with Crippen LogP contribution in [0.5, 0.6) is 0 Å². The summed E-state index contributed by atoms with van der Waals surface area (Å²) in [5.41, 5.74) is 0. The van der Waals surface area contributed by atoms with E-state index in [4.69, 9.17) is 23.2 Å². The Hall–Kier alpha value is -0.820. The van der Waals surface area contributed by atoms with Crippen LogP contribution in [0.15, 0.2) is 23.1 Å². The summed E-state index contributed by atoms with van der Waals surface area (Å²) in [6.07, 6.45) is 3.43. The third-order valence-corrected chi connectivity index (χ3v) is 7.21. The monoisotopic (exact) mass is 390 g/mol. The summed E-state index contributed by atoms with van der Waals surface area (Å²) in [7, 11) is -3.69. The SMILES string of the molecule is O=C(NCC1CC1)C1CCN(S(=O)(=O)c2cc(Cl)ccc2Cl)CC1. The molecule has 132 valence electrons. The van der Waals surface area contributed by atoms with E-state index in [1.807, 2.05) is 0 Å². The van der Waals surface area contributed by atoms with E-state index in [2.05, 4.69) is 5.32 Å². The number of nitrogens with one attached hydrogen (secondary N) is 1. The van der Waals surface area contributed by atoms with Gasteiger partial charge in [-0.2, -0.15) is 4.31 Å². The smallest absolute Gasteiger partial charge is 0.244 e. The summed E-state index contributed by atoms with van der Waals surface area (Å²) >= 11 is 11.9. The van der Waals surface area contributed by atoms with Gasteiger partial charge in [-0.15, -0.1) is 0 Å². The van der Waals surface area contributed by atoms with Gasteiger partial charge in [-0.1, -0.05) is 23.2 Å². The van der Waals surface area contributed by atoms with E-state index in [-0.39, 0.29) is 21.7 Å². The molecular weight excluding hydrogens is 371 g/mol. The Kier molecular flexibility index (Phi) is 5.39. The van der Waals surface area contributed by atoms with Crippen LogP contribution in [0.1, 0.15) is 25.7 Å². The molecule has 1 amide bonds. The van der Waals surface area contributed by atoms with Crippen molar-refractivity contribution in [1.82, 2.24) is 9.62 Å². The molecule has 5 nitrogen and oxygen atoms in total. The lowest BCUT2D eigenvalue weighted by Gasteiger charge is -2.30. The van der Waals surface area contributed by atoms with Crippen molar-refractivity contribution in [3.63, 3.8) is 0 Å². The molecule has 0 spiro atoms. The molecule has 0 unspecified atom stereocenters. The highest BCUT2D eigenvalue weighted by Crippen LogP contribution is 2.31. The van der Waals surface area contributed by atoms with Crippen molar-refractivity contribution in [1.29, 1.82) is 0 Å². The van der Waals surface area contributed by atoms with E-state index in [1.54, 1.807) is 6.07 Å². The van der Waals surface area contributed by atoms with Crippen LogP contribution in [0.4, 0.5) is 0 Å². The van der Waals surface area contributed by atoms with Gasteiger partial charge in [0.2, 0.25) is 15.9 Å².